The molecule has 0 amide bonds. The molecule has 4 rings (SSSR count). The standard InChI is InChI=1S/C28H28BrN5O4/c1-5-18(2)27-31-25-12-10-21(29)14-24(25)28(35)33(27)30-16-20-9-11-22(32(3)4)15-26(20)38-17-19-7-6-8-23(13-19)34(36)37/h6-16,18H,5,17H2,1-4H3/t18-/m0/s1. The van der Waals surface area contributed by atoms with Crippen LogP contribution in [-0.4, -0.2) is 34.9 Å². The molecule has 9 nitrogen and oxygen atoms in total. The highest BCUT2D eigenvalue weighted by Gasteiger charge is 2.16. The van der Waals surface area contributed by atoms with Gasteiger partial charge in [-0.15, -0.1) is 0 Å². The maximum absolute atomic E-state index is 13.5. The van der Waals surface area contributed by atoms with Crippen LogP contribution in [-0.2, 0) is 6.61 Å². The van der Waals surface area contributed by atoms with E-state index in [0.29, 0.717) is 33.6 Å². The number of aromatic nitrogens is 2. The van der Waals surface area contributed by atoms with Crippen molar-refractivity contribution in [1.82, 2.24) is 9.66 Å². The lowest BCUT2D eigenvalue weighted by molar-refractivity contribution is -0.384. The summed E-state index contributed by atoms with van der Waals surface area (Å²) in [6, 6.07) is 17.4. The molecule has 38 heavy (non-hydrogen) atoms. The topological polar surface area (TPSA) is 103 Å². The van der Waals surface area contributed by atoms with Gasteiger partial charge in [0.15, 0.2) is 0 Å². The smallest absolute Gasteiger partial charge is 0.282 e. The number of benzene rings is 3. The fourth-order valence-electron chi connectivity index (χ4n) is 3.85. The third-order valence-corrected chi connectivity index (χ3v) is 6.72. The molecule has 0 saturated carbocycles. The highest BCUT2D eigenvalue weighted by molar-refractivity contribution is 9.10. The van der Waals surface area contributed by atoms with Crippen molar-refractivity contribution in [3.05, 3.63) is 103 Å². The molecule has 10 heteroatoms. The second kappa shape index (κ2) is 11.6. The minimum atomic E-state index is -0.434. The molecule has 0 radical (unpaired) electrons. The fourth-order valence-corrected chi connectivity index (χ4v) is 4.21. The van der Waals surface area contributed by atoms with Crippen molar-refractivity contribution in [3.8, 4) is 5.75 Å². The van der Waals surface area contributed by atoms with Crippen LogP contribution in [0.3, 0.4) is 0 Å². The Morgan fingerprint density at radius 2 is 1.97 bits per heavy atom. The Labute approximate surface area is 228 Å². The summed E-state index contributed by atoms with van der Waals surface area (Å²) in [5.74, 6) is 1.11. The number of hydrogen-bond donors (Lipinski definition) is 0. The van der Waals surface area contributed by atoms with Gasteiger partial charge in [-0.05, 0) is 42.3 Å². The van der Waals surface area contributed by atoms with Gasteiger partial charge in [-0.2, -0.15) is 9.78 Å². The number of non-ortho nitro benzene ring substituents is 1. The fraction of sp³-hybridized carbons (Fsp3) is 0.250. The Morgan fingerprint density at radius 3 is 2.68 bits per heavy atom. The molecule has 0 aliphatic heterocycles. The lowest BCUT2D eigenvalue weighted by Gasteiger charge is -2.17. The molecule has 0 saturated heterocycles. The van der Waals surface area contributed by atoms with Crippen LogP contribution in [0.25, 0.3) is 10.9 Å². The molecule has 3 aromatic carbocycles. The molecule has 1 heterocycles. The van der Waals surface area contributed by atoms with Crippen LogP contribution in [0.4, 0.5) is 11.4 Å². The summed E-state index contributed by atoms with van der Waals surface area (Å²) < 4.78 is 8.24. The van der Waals surface area contributed by atoms with Gasteiger partial charge in [0.05, 0.1) is 22.0 Å². The van der Waals surface area contributed by atoms with Crippen molar-refractivity contribution < 1.29 is 9.66 Å². The van der Waals surface area contributed by atoms with Crippen LogP contribution in [0.15, 0.2) is 75.0 Å². The SMILES string of the molecule is CC[C@H](C)c1nc2ccc(Br)cc2c(=O)n1N=Cc1ccc(N(C)C)cc1OCc1cccc([N+](=O)[O-])c1. The number of nitrogens with zero attached hydrogens (tertiary/aromatic N) is 5. The Bertz CT molecular complexity index is 1580. The maximum atomic E-state index is 13.5. The van der Waals surface area contributed by atoms with Crippen LogP contribution in [0.5, 0.6) is 5.75 Å². The van der Waals surface area contributed by atoms with E-state index in [0.717, 1.165) is 16.6 Å². The van der Waals surface area contributed by atoms with E-state index in [1.165, 1.54) is 16.8 Å². The van der Waals surface area contributed by atoms with E-state index < -0.39 is 4.92 Å². The van der Waals surface area contributed by atoms with Crippen LogP contribution in [0.1, 0.15) is 43.1 Å². The number of halogens is 1. The van der Waals surface area contributed by atoms with Gasteiger partial charge < -0.3 is 9.64 Å². The van der Waals surface area contributed by atoms with E-state index in [1.807, 2.05) is 63.2 Å². The number of anilines is 1. The van der Waals surface area contributed by atoms with Crippen molar-refractivity contribution in [3.63, 3.8) is 0 Å². The molecule has 1 aromatic heterocycles. The lowest BCUT2D eigenvalue weighted by Crippen LogP contribution is -2.23. The number of rotatable bonds is 9. The first-order valence-electron chi connectivity index (χ1n) is 12.1. The highest BCUT2D eigenvalue weighted by atomic mass is 79.9. The van der Waals surface area contributed by atoms with Crippen molar-refractivity contribution in [1.29, 1.82) is 0 Å². The number of ether oxygens (including phenoxy) is 1. The van der Waals surface area contributed by atoms with E-state index in [1.54, 1.807) is 24.4 Å². The molecule has 0 bridgehead atoms. The van der Waals surface area contributed by atoms with Gasteiger partial charge in [0.1, 0.15) is 18.2 Å². The van der Waals surface area contributed by atoms with Crippen LogP contribution >= 0.6 is 15.9 Å². The summed E-state index contributed by atoms with van der Waals surface area (Å²) in [6.45, 7) is 4.18. The second-order valence-electron chi connectivity index (χ2n) is 9.13. The van der Waals surface area contributed by atoms with Gasteiger partial charge in [0, 0.05) is 53.9 Å². The zero-order valence-corrected chi connectivity index (χ0v) is 23.2. The third-order valence-electron chi connectivity index (χ3n) is 6.23. The molecule has 0 unspecified atom stereocenters. The number of fused-ring (bicyclic) bond motifs is 1. The minimum Gasteiger partial charge on any atom is -0.488 e. The predicted octanol–water partition coefficient (Wildman–Crippen LogP) is 6.11. The van der Waals surface area contributed by atoms with E-state index in [9.17, 15) is 14.9 Å². The molecule has 0 N–H and O–H groups in total. The van der Waals surface area contributed by atoms with Crippen molar-refractivity contribution in [2.45, 2.75) is 32.8 Å². The maximum Gasteiger partial charge on any atom is 0.282 e. The predicted molar refractivity (Wildman–Crippen MR) is 154 cm³/mol. The minimum absolute atomic E-state index is 0.00215. The Hall–Kier alpha value is -4.05. The summed E-state index contributed by atoms with van der Waals surface area (Å²) in [4.78, 5) is 30.9. The summed E-state index contributed by atoms with van der Waals surface area (Å²) in [5, 5.41) is 16.2. The number of nitro groups is 1. The van der Waals surface area contributed by atoms with Gasteiger partial charge in [0.2, 0.25) is 0 Å². The summed E-state index contributed by atoms with van der Waals surface area (Å²) in [7, 11) is 3.84. The quantitative estimate of drug-likeness (QED) is 0.135. The molecule has 0 aliphatic carbocycles. The Morgan fingerprint density at radius 1 is 1.18 bits per heavy atom. The average molecular weight is 578 g/mol. The third kappa shape index (κ3) is 5.91. The summed E-state index contributed by atoms with van der Waals surface area (Å²) >= 11 is 3.43. The Kier molecular flexibility index (Phi) is 8.21. The van der Waals surface area contributed by atoms with Crippen LogP contribution < -0.4 is 15.2 Å². The van der Waals surface area contributed by atoms with E-state index in [2.05, 4.69) is 21.0 Å². The lowest BCUT2D eigenvalue weighted by atomic mass is 10.1. The molecule has 1 atom stereocenters. The summed E-state index contributed by atoms with van der Waals surface area (Å²) in [5.41, 5.74) is 2.59. The molecular weight excluding hydrogens is 550 g/mol. The molecule has 0 fully saturated rings. The number of hydrogen-bond acceptors (Lipinski definition) is 7. The summed E-state index contributed by atoms with van der Waals surface area (Å²) in [6.07, 6.45) is 2.38. The first-order chi connectivity index (χ1) is 18.2. The second-order valence-corrected chi connectivity index (χ2v) is 10.1. The normalized spacial score (nSPS) is 12.1. The zero-order valence-electron chi connectivity index (χ0n) is 21.6. The van der Waals surface area contributed by atoms with Crippen LogP contribution in [0.2, 0.25) is 0 Å². The van der Waals surface area contributed by atoms with E-state index >= 15 is 0 Å². The zero-order chi connectivity index (χ0) is 27.4. The van der Waals surface area contributed by atoms with Gasteiger partial charge >= 0.3 is 0 Å². The molecule has 0 aliphatic rings. The highest BCUT2D eigenvalue weighted by Crippen LogP contribution is 2.26. The van der Waals surface area contributed by atoms with Gasteiger partial charge in [-0.25, -0.2) is 4.98 Å². The first kappa shape index (κ1) is 27.0. The van der Waals surface area contributed by atoms with Crippen molar-refractivity contribution >= 4 is 44.4 Å². The van der Waals surface area contributed by atoms with Crippen molar-refractivity contribution in [2.75, 3.05) is 19.0 Å². The van der Waals surface area contributed by atoms with E-state index in [-0.39, 0.29) is 23.8 Å². The average Bonchev–Trinajstić information content (AvgIpc) is 2.91. The largest absolute Gasteiger partial charge is 0.488 e. The molecule has 0 spiro atoms. The van der Waals surface area contributed by atoms with Crippen LogP contribution in [0, 0.1) is 10.1 Å². The molecule has 4 aromatic rings. The van der Waals surface area contributed by atoms with Gasteiger partial charge in [0.25, 0.3) is 11.2 Å². The first-order valence-corrected chi connectivity index (χ1v) is 12.9. The van der Waals surface area contributed by atoms with E-state index in [4.69, 9.17) is 9.72 Å². The molecular formula is C28H28BrN5O4. The number of nitro benzene ring substituents is 1. The van der Waals surface area contributed by atoms with Gasteiger partial charge in [-0.1, -0.05) is 41.9 Å². The monoisotopic (exact) mass is 577 g/mol. The molecule has 196 valence electrons. The Balaban J connectivity index is 1.75. The van der Waals surface area contributed by atoms with Gasteiger partial charge in [-0.3, -0.25) is 14.9 Å². The van der Waals surface area contributed by atoms with Crippen molar-refractivity contribution in [2.24, 2.45) is 5.10 Å².